The number of amides is 3. The van der Waals surface area contributed by atoms with Crippen LogP contribution in [0, 0.1) is 27.7 Å². The third-order valence-corrected chi connectivity index (χ3v) is 5.11. The van der Waals surface area contributed by atoms with E-state index in [9.17, 15) is 19.2 Å². The maximum Gasteiger partial charge on any atom is 0.325 e. The van der Waals surface area contributed by atoms with Crippen molar-refractivity contribution in [3.05, 3.63) is 50.7 Å². The Morgan fingerprint density at radius 1 is 0.900 bits per heavy atom. The predicted molar refractivity (Wildman–Crippen MR) is 115 cm³/mol. The Balaban J connectivity index is 1.68. The van der Waals surface area contributed by atoms with Crippen molar-refractivity contribution in [3.63, 3.8) is 0 Å². The first-order valence-corrected chi connectivity index (χ1v) is 10.1. The molecule has 8 nitrogen and oxygen atoms in total. The van der Waals surface area contributed by atoms with Crippen molar-refractivity contribution in [2.45, 2.75) is 27.7 Å². The minimum Gasteiger partial charge on any atom is -0.454 e. The van der Waals surface area contributed by atoms with E-state index in [0.717, 1.165) is 21.6 Å². The molecule has 30 heavy (non-hydrogen) atoms. The average molecular weight is 432 g/mol. The minimum absolute atomic E-state index is 0.252. The van der Waals surface area contributed by atoms with Crippen LogP contribution in [-0.2, 0) is 19.1 Å². The molecule has 0 spiro atoms. The maximum absolute atomic E-state index is 12.1. The third-order valence-electron chi connectivity index (χ3n) is 4.11. The summed E-state index contributed by atoms with van der Waals surface area (Å²) < 4.78 is 4.80. The molecule has 0 aliphatic rings. The molecule has 0 aliphatic heterocycles. The fourth-order valence-electron chi connectivity index (χ4n) is 2.78. The first-order valence-electron chi connectivity index (χ1n) is 9.30. The van der Waals surface area contributed by atoms with Gasteiger partial charge in [-0.3, -0.25) is 19.2 Å². The van der Waals surface area contributed by atoms with Gasteiger partial charge in [-0.2, -0.15) is 0 Å². The SMILES string of the molecule is Cc1cc(C)c(NC(=O)CNC(=O)COC(=O)CNC(=O)c2ccc(C)s2)c(C)c1. The summed E-state index contributed by atoms with van der Waals surface area (Å²) in [5.41, 5.74) is 3.67. The van der Waals surface area contributed by atoms with Crippen LogP contribution in [0.25, 0.3) is 0 Å². The molecule has 2 aromatic rings. The molecule has 0 radical (unpaired) electrons. The fourth-order valence-corrected chi connectivity index (χ4v) is 3.57. The first-order chi connectivity index (χ1) is 14.2. The number of nitrogens with one attached hydrogen (secondary N) is 3. The van der Waals surface area contributed by atoms with Crippen molar-refractivity contribution < 1.29 is 23.9 Å². The van der Waals surface area contributed by atoms with Gasteiger partial charge in [-0.15, -0.1) is 11.3 Å². The van der Waals surface area contributed by atoms with E-state index in [1.54, 1.807) is 12.1 Å². The van der Waals surface area contributed by atoms with Crippen LogP contribution in [0.4, 0.5) is 5.69 Å². The Morgan fingerprint density at radius 2 is 1.57 bits per heavy atom. The number of benzene rings is 1. The van der Waals surface area contributed by atoms with Crippen LogP contribution in [-0.4, -0.2) is 43.4 Å². The summed E-state index contributed by atoms with van der Waals surface area (Å²) in [5, 5.41) is 7.58. The van der Waals surface area contributed by atoms with Gasteiger partial charge in [0, 0.05) is 10.6 Å². The van der Waals surface area contributed by atoms with Gasteiger partial charge in [0.2, 0.25) is 5.91 Å². The molecule has 0 bridgehead atoms. The number of thiophene rings is 1. The van der Waals surface area contributed by atoms with E-state index in [1.807, 2.05) is 39.8 Å². The molecule has 0 aliphatic carbocycles. The van der Waals surface area contributed by atoms with Gasteiger partial charge >= 0.3 is 5.97 Å². The largest absolute Gasteiger partial charge is 0.454 e. The molecule has 0 saturated heterocycles. The normalized spacial score (nSPS) is 10.3. The summed E-state index contributed by atoms with van der Waals surface area (Å²) in [5.74, 6) is -2.13. The van der Waals surface area contributed by atoms with Gasteiger partial charge in [-0.05, 0) is 51.0 Å². The standard InChI is InChI=1S/C21H25N3O5S/c1-12-7-13(2)20(14(3)8-12)24-17(25)9-22-18(26)11-29-19(27)10-23-21(28)16-6-5-15(4)30-16/h5-8H,9-11H2,1-4H3,(H,22,26)(H,23,28)(H,24,25). The predicted octanol–water partition coefficient (Wildman–Crippen LogP) is 2.01. The van der Waals surface area contributed by atoms with Crippen LogP contribution in [0.1, 0.15) is 31.2 Å². The number of rotatable bonds is 8. The molecular formula is C21H25N3O5S. The van der Waals surface area contributed by atoms with Crippen molar-refractivity contribution in [3.8, 4) is 0 Å². The van der Waals surface area contributed by atoms with E-state index < -0.39 is 18.5 Å². The highest BCUT2D eigenvalue weighted by Crippen LogP contribution is 2.21. The lowest BCUT2D eigenvalue weighted by Crippen LogP contribution is -2.37. The number of hydrogen-bond donors (Lipinski definition) is 3. The van der Waals surface area contributed by atoms with Gasteiger partial charge in [-0.25, -0.2) is 0 Å². The molecule has 2 rings (SSSR count). The zero-order chi connectivity index (χ0) is 22.3. The zero-order valence-electron chi connectivity index (χ0n) is 17.4. The Hall–Kier alpha value is -3.20. The van der Waals surface area contributed by atoms with E-state index >= 15 is 0 Å². The van der Waals surface area contributed by atoms with Gasteiger partial charge in [-0.1, -0.05) is 17.7 Å². The second-order valence-electron chi connectivity index (χ2n) is 6.85. The molecule has 0 fully saturated rings. The highest BCUT2D eigenvalue weighted by molar-refractivity contribution is 7.13. The smallest absolute Gasteiger partial charge is 0.325 e. The van der Waals surface area contributed by atoms with Crippen molar-refractivity contribution >= 4 is 40.7 Å². The molecule has 1 heterocycles. The highest BCUT2D eigenvalue weighted by atomic mass is 32.1. The molecule has 1 aromatic heterocycles. The number of ether oxygens (including phenoxy) is 1. The van der Waals surface area contributed by atoms with Crippen molar-refractivity contribution in [1.29, 1.82) is 0 Å². The summed E-state index contributed by atoms with van der Waals surface area (Å²) in [6, 6.07) is 7.39. The number of hydrogen-bond acceptors (Lipinski definition) is 6. The van der Waals surface area contributed by atoms with Gasteiger partial charge in [0.05, 0.1) is 11.4 Å². The number of aryl methyl sites for hydroxylation is 4. The maximum atomic E-state index is 12.1. The number of carbonyl (C=O) groups is 4. The molecule has 0 unspecified atom stereocenters. The molecule has 0 saturated carbocycles. The van der Waals surface area contributed by atoms with Gasteiger partial charge in [0.25, 0.3) is 11.8 Å². The molecule has 3 N–H and O–H groups in total. The van der Waals surface area contributed by atoms with Crippen molar-refractivity contribution in [2.75, 3.05) is 25.0 Å². The third kappa shape index (κ3) is 7.00. The quantitative estimate of drug-likeness (QED) is 0.554. The van der Waals surface area contributed by atoms with Gasteiger partial charge < -0.3 is 20.7 Å². The van der Waals surface area contributed by atoms with E-state index in [0.29, 0.717) is 10.6 Å². The molecule has 9 heteroatoms. The van der Waals surface area contributed by atoms with E-state index in [2.05, 4.69) is 16.0 Å². The second-order valence-corrected chi connectivity index (χ2v) is 8.14. The molecule has 3 amide bonds. The lowest BCUT2D eigenvalue weighted by Gasteiger charge is -2.13. The minimum atomic E-state index is -0.748. The summed E-state index contributed by atoms with van der Waals surface area (Å²) in [6.45, 7) is 6.49. The van der Waals surface area contributed by atoms with Crippen LogP contribution < -0.4 is 16.0 Å². The molecule has 160 valence electrons. The van der Waals surface area contributed by atoms with Crippen LogP contribution in [0.15, 0.2) is 24.3 Å². The summed E-state index contributed by atoms with van der Waals surface area (Å²) in [6.07, 6.45) is 0. The van der Waals surface area contributed by atoms with Crippen LogP contribution in [0.5, 0.6) is 0 Å². The van der Waals surface area contributed by atoms with Gasteiger partial charge in [0.15, 0.2) is 6.61 Å². The summed E-state index contributed by atoms with van der Waals surface area (Å²) in [4.78, 5) is 48.9. The van der Waals surface area contributed by atoms with E-state index in [-0.39, 0.29) is 24.9 Å². The van der Waals surface area contributed by atoms with Gasteiger partial charge in [0.1, 0.15) is 6.54 Å². The summed E-state index contributed by atoms with van der Waals surface area (Å²) in [7, 11) is 0. The first kappa shape index (κ1) is 23.1. The van der Waals surface area contributed by atoms with Crippen LogP contribution in [0.2, 0.25) is 0 Å². The second kappa shape index (κ2) is 10.5. The number of esters is 1. The van der Waals surface area contributed by atoms with Crippen LogP contribution in [0.3, 0.4) is 0 Å². The topological polar surface area (TPSA) is 114 Å². The lowest BCUT2D eigenvalue weighted by molar-refractivity contribution is -0.147. The molecular weight excluding hydrogens is 406 g/mol. The molecule has 0 atom stereocenters. The fraction of sp³-hybridized carbons (Fsp3) is 0.333. The Kier molecular flexibility index (Phi) is 8.11. The highest BCUT2D eigenvalue weighted by Gasteiger charge is 2.13. The molecule has 1 aromatic carbocycles. The summed E-state index contributed by atoms with van der Waals surface area (Å²) >= 11 is 1.31. The van der Waals surface area contributed by atoms with Crippen molar-refractivity contribution in [2.24, 2.45) is 0 Å². The van der Waals surface area contributed by atoms with E-state index in [4.69, 9.17) is 4.74 Å². The Labute approximate surface area is 179 Å². The Morgan fingerprint density at radius 3 is 2.17 bits per heavy atom. The average Bonchev–Trinajstić information content (AvgIpc) is 3.12. The lowest BCUT2D eigenvalue weighted by atomic mass is 10.1. The number of anilines is 1. The monoisotopic (exact) mass is 431 g/mol. The Bertz CT molecular complexity index is 944. The van der Waals surface area contributed by atoms with Crippen LogP contribution >= 0.6 is 11.3 Å². The van der Waals surface area contributed by atoms with E-state index in [1.165, 1.54) is 11.3 Å². The number of carbonyl (C=O) groups excluding carboxylic acids is 4. The zero-order valence-corrected chi connectivity index (χ0v) is 18.2. The van der Waals surface area contributed by atoms with Crippen molar-refractivity contribution in [1.82, 2.24) is 10.6 Å².